The lowest BCUT2D eigenvalue weighted by molar-refractivity contribution is -0.115. The zero-order chi connectivity index (χ0) is 26.8. The summed E-state index contributed by atoms with van der Waals surface area (Å²) in [6.45, 7) is 4.44. The van der Waals surface area contributed by atoms with E-state index in [1.54, 1.807) is 7.11 Å². The standard InChI is InChI=1S/C30H24Br2N2O3S/c1-17-10-23(11-18(2)27(17)32)33-30-34-29(35)26(38-30)15-20-13-24(31)28(25(14-20)36-3)37-16-19-8-9-21-6-4-5-7-22(21)12-19/h4-15H,16H2,1-3H3,(H,33,34,35)/b26-15-. The van der Waals surface area contributed by atoms with E-state index >= 15 is 0 Å². The van der Waals surface area contributed by atoms with Gasteiger partial charge in [-0.1, -0.05) is 52.3 Å². The molecule has 38 heavy (non-hydrogen) atoms. The molecule has 0 radical (unpaired) electrons. The molecule has 4 aromatic carbocycles. The third kappa shape index (κ3) is 5.82. The minimum Gasteiger partial charge on any atom is -0.493 e. The van der Waals surface area contributed by atoms with E-state index in [0.29, 0.717) is 28.2 Å². The van der Waals surface area contributed by atoms with Crippen molar-refractivity contribution >= 4 is 77.2 Å². The number of nitrogens with one attached hydrogen (secondary N) is 1. The lowest BCUT2D eigenvalue weighted by Crippen LogP contribution is -2.19. The number of carbonyl (C=O) groups is 1. The fourth-order valence-electron chi connectivity index (χ4n) is 4.18. The molecule has 0 aromatic heterocycles. The summed E-state index contributed by atoms with van der Waals surface area (Å²) in [6, 6.07) is 22.3. The molecule has 1 heterocycles. The monoisotopic (exact) mass is 650 g/mol. The highest BCUT2D eigenvalue weighted by Crippen LogP contribution is 2.39. The molecule has 4 aromatic rings. The van der Waals surface area contributed by atoms with Crippen LogP contribution in [0, 0.1) is 13.8 Å². The maximum atomic E-state index is 12.7. The topological polar surface area (TPSA) is 59.9 Å². The van der Waals surface area contributed by atoms with Crippen LogP contribution in [0.2, 0.25) is 0 Å². The number of hydrogen-bond donors (Lipinski definition) is 1. The number of fused-ring (bicyclic) bond motifs is 1. The van der Waals surface area contributed by atoms with Gasteiger partial charge in [0.1, 0.15) is 6.61 Å². The van der Waals surface area contributed by atoms with E-state index in [1.807, 2.05) is 56.3 Å². The summed E-state index contributed by atoms with van der Waals surface area (Å²) in [6.07, 6.45) is 1.82. The van der Waals surface area contributed by atoms with Crippen LogP contribution in [0.5, 0.6) is 11.5 Å². The number of hydrogen-bond acceptors (Lipinski definition) is 5. The normalized spacial score (nSPS) is 15.3. The molecule has 5 nitrogen and oxygen atoms in total. The van der Waals surface area contributed by atoms with E-state index in [1.165, 1.54) is 22.5 Å². The van der Waals surface area contributed by atoms with Crippen LogP contribution in [0.4, 0.5) is 5.69 Å². The number of nitrogens with zero attached hydrogens (tertiary/aromatic N) is 1. The molecular formula is C30H24Br2N2O3S. The van der Waals surface area contributed by atoms with Crippen molar-refractivity contribution in [3.63, 3.8) is 0 Å². The number of aryl methyl sites for hydroxylation is 2. The molecule has 0 unspecified atom stereocenters. The largest absolute Gasteiger partial charge is 0.493 e. The first-order chi connectivity index (χ1) is 18.3. The molecule has 0 bridgehead atoms. The number of carbonyl (C=O) groups excluding carboxylic acids is 1. The second kappa shape index (κ2) is 11.4. The third-order valence-corrected chi connectivity index (χ3v) is 8.80. The van der Waals surface area contributed by atoms with Gasteiger partial charge in [0.2, 0.25) is 0 Å². The Labute approximate surface area is 242 Å². The Hall–Kier alpha value is -3.07. The number of thioether (sulfide) groups is 1. The summed E-state index contributed by atoms with van der Waals surface area (Å²) >= 11 is 8.51. The Kier molecular flexibility index (Phi) is 7.93. The second-order valence-corrected chi connectivity index (χ2v) is 11.6. The molecule has 8 heteroatoms. The van der Waals surface area contributed by atoms with Crippen LogP contribution in [0.25, 0.3) is 16.8 Å². The molecule has 1 saturated heterocycles. The number of methoxy groups -OCH3 is 1. The molecule has 5 rings (SSSR count). The summed E-state index contributed by atoms with van der Waals surface area (Å²) in [4.78, 5) is 17.9. The molecule has 0 saturated carbocycles. The molecule has 192 valence electrons. The molecule has 0 aliphatic carbocycles. The van der Waals surface area contributed by atoms with Gasteiger partial charge in [0, 0.05) is 4.47 Å². The Balaban J connectivity index is 1.35. The predicted octanol–water partition coefficient (Wildman–Crippen LogP) is 8.46. The molecule has 1 amide bonds. The van der Waals surface area contributed by atoms with Crippen LogP contribution in [0.15, 0.2) is 85.6 Å². The Morgan fingerprint density at radius 3 is 2.45 bits per heavy atom. The average molecular weight is 652 g/mol. The highest BCUT2D eigenvalue weighted by Gasteiger charge is 2.24. The van der Waals surface area contributed by atoms with Crippen LogP contribution < -0.4 is 14.8 Å². The van der Waals surface area contributed by atoms with Gasteiger partial charge < -0.3 is 14.8 Å². The highest BCUT2D eigenvalue weighted by molar-refractivity contribution is 9.10. The van der Waals surface area contributed by atoms with Gasteiger partial charge in [0.15, 0.2) is 16.7 Å². The minimum absolute atomic E-state index is 0.189. The number of halogens is 2. The van der Waals surface area contributed by atoms with E-state index in [-0.39, 0.29) is 5.91 Å². The van der Waals surface area contributed by atoms with E-state index < -0.39 is 0 Å². The van der Waals surface area contributed by atoms with Crippen molar-refractivity contribution in [2.75, 3.05) is 7.11 Å². The van der Waals surface area contributed by atoms with Crippen LogP contribution in [-0.2, 0) is 11.4 Å². The Bertz CT molecular complexity index is 1610. The smallest absolute Gasteiger partial charge is 0.264 e. The van der Waals surface area contributed by atoms with Crippen LogP contribution >= 0.6 is 43.6 Å². The zero-order valence-corrected chi connectivity index (χ0v) is 25.0. The predicted molar refractivity (Wildman–Crippen MR) is 163 cm³/mol. The molecular weight excluding hydrogens is 628 g/mol. The van der Waals surface area contributed by atoms with Crippen LogP contribution in [0.1, 0.15) is 22.3 Å². The van der Waals surface area contributed by atoms with Crippen molar-refractivity contribution in [3.05, 3.63) is 103 Å². The van der Waals surface area contributed by atoms with Crippen molar-refractivity contribution in [3.8, 4) is 11.5 Å². The highest BCUT2D eigenvalue weighted by atomic mass is 79.9. The number of rotatable bonds is 6. The number of amidine groups is 1. The third-order valence-electron chi connectivity index (χ3n) is 6.05. The van der Waals surface area contributed by atoms with E-state index in [9.17, 15) is 4.79 Å². The van der Waals surface area contributed by atoms with Crippen molar-refractivity contribution in [1.82, 2.24) is 5.32 Å². The average Bonchev–Trinajstić information content (AvgIpc) is 3.24. The van der Waals surface area contributed by atoms with E-state index in [4.69, 9.17) is 9.47 Å². The quantitative estimate of drug-likeness (QED) is 0.213. The zero-order valence-electron chi connectivity index (χ0n) is 21.0. The first-order valence-corrected chi connectivity index (χ1v) is 14.3. The van der Waals surface area contributed by atoms with Gasteiger partial charge in [-0.05, 0) is 111 Å². The number of benzene rings is 4. The van der Waals surface area contributed by atoms with Gasteiger partial charge in [0.05, 0.1) is 22.2 Å². The maximum Gasteiger partial charge on any atom is 0.264 e. The number of ether oxygens (including phenoxy) is 2. The van der Waals surface area contributed by atoms with Gasteiger partial charge in [-0.25, -0.2) is 4.99 Å². The fourth-order valence-corrected chi connectivity index (χ4v) is 5.83. The first kappa shape index (κ1) is 26.5. The van der Waals surface area contributed by atoms with Crippen molar-refractivity contribution < 1.29 is 14.3 Å². The molecule has 0 spiro atoms. The Morgan fingerprint density at radius 2 is 1.71 bits per heavy atom. The minimum atomic E-state index is -0.189. The van der Waals surface area contributed by atoms with E-state index in [0.717, 1.165) is 36.9 Å². The van der Waals surface area contributed by atoms with Gasteiger partial charge in [-0.3, -0.25) is 4.79 Å². The maximum absolute atomic E-state index is 12.7. The lowest BCUT2D eigenvalue weighted by atomic mass is 10.1. The summed E-state index contributed by atoms with van der Waals surface area (Å²) in [5, 5.41) is 5.76. The van der Waals surface area contributed by atoms with Gasteiger partial charge in [0.25, 0.3) is 5.91 Å². The fraction of sp³-hybridized carbons (Fsp3) is 0.133. The summed E-state index contributed by atoms with van der Waals surface area (Å²) in [5.74, 6) is 0.991. The SMILES string of the molecule is COc1cc(/C=C2\SC(=Nc3cc(C)c(Br)c(C)c3)NC2=O)cc(Br)c1OCc1ccc2ccccc2c1. The summed E-state index contributed by atoms with van der Waals surface area (Å²) in [5.41, 5.74) is 4.85. The number of aliphatic imine (C=N–C) groups is 1. The van der Waals surface area contributed by atoms with Crippen molar-refractivity contribution in [2.45, 2.75) is 20.5 Å². The summed E-state index contributed by atoms with van der Waals surface area (Å²) in [7, 11) is 1.60. The molecule has 1 aliphatic rings. The van der Waals surface area contributed by atoms with Gasteiger partial charge >= 0.3 is 0 Å². The van der Waals surface area contributed by atoms with E-state index in [2.05, 4.69) is 72.5 Å². The second-order valence-electron chi connectivity index (χ2n) is 8.88. The van der Waals surface area contributed by atoms with Gasteiger partial charge in [-0.2, -0.15) is 0 Å². The molecule has 0 atom stereocenters. The number of amides is 1. The summed E-state index contributed by atoms with van der Waals surface area (Å²) < 4.78 is 13.6. The lowest BCUT2D eigenvalue weighted by Gasteiger charge is -2.14. The first-order valence-electron chi connectivity index (χ1n) is 11.8. The molecule has 1 aliphatic heterocycles. The van der Waals surface area contributed by atoms with Crippen LogP contribution in [0.3, 0.4) is 0 Å². The Morgan fingerprint density at radius 1 is 0.974 bits per heavy atom. The van der Waals surface area contributed by atoms with Crippen molar-refractivity contribution in [1.29, 1.82) is 0 Å². The van der Waals surface area contributed by atoms with Crippen molar-refractivity contribution in [2.24, 2.45) is 4.99 Å². The van der Waals surface area contributed by atoms with Gasteiger partial charge in [-0.15, -0.1) is 0 Å². The molecule has 1 N–H and O–H groups in total. The van der Waals surface area contributed by atoms with Crippen LogP contribution in [-0.4, -0.2) is 18.2 Å². The molecule has 1 fully saturated rings.